The second-order valence-electron chi connectivity index (χ2n) is 6.81. The number of Topliss-reactive ketones (excluding diaryl/α,β-unsaturated/α-hetero) is 2. The molecule has 134 valence electrons. The molecule has 0 saturated heterocycles. The van der Waals surface area contributed by atoms with Crippen LogP contribution in [0.5, 0.6) is 0 Å². The first-order valence-electron chi connectivity index (χ1n) is 8.58. The molecule has 6 heteroatoms. The fourth-order valence-corrected chi connectivity index (χ4v) is 4.07. The van der Waals surface area contributed by atoms with Gasteiger partial charge in [0.15, 0.2) is 5.78 Å². The van der Waals surface area contributed by atoms with Crippen LogP contribution in [0.2, 0.25) is 0 Å². The van der Waals surface area contributed by atoms with Crippen molar-refractivity contribution < 1.29 is 14.5 Å². The van der Waals surface area contributed by atoms with Crippen LogP contribution in [0.25, 0.3) is 5.70 Å². The van der Waals surface area contributed by atoms with Crippen LogP contribution in [0.4, 0.5) is 5.69 Å². The topological polar surface area (TPSA) is 89.6 Å². The highest BCUT2D eigenvalue weighted by Gasteiger charge is 2.44. The van der Waals surface area contributed by atoms with E-state index >= 15 is 0 Å². The molecule has 4 rings (SSSR count). The van der Waals surface area contributed by atoms with E-state index in [9.17, 15) is 19.7 Å². The number of fused-ring (bicyclic) bond motifs is 2. The molecule has 0 spiro atoms. The van der Waals surface area contributed by atoms with E-state index in [4.69, 9.17) is 0 Å². The molecule has 2 aliphatic rings. The second kappa shape index (κ2) is 6.09. The van der Waals surface area contributed by atoms with Crippen molar-refractivity contribution in [2.45, 2.75) is 19.8 Å². The number of nitro benzene ring substituents is 1. The number of hydrogen-bond donors (Lipinski definition) is 0. The number of nitrogens with zero attached hydrogens (tertiary/aromatic N) is 2. The maximum absolute atomic E-state index is 13.1. The molecule has 0 bridgehead atoms. The Kier molecular flexibility index (Phi) is 3.84. The van der Waals surface area contributed by atoms with Crippen molar-refractivity contribution >= 4 is 28.7 Å². The van der Waals surface area contributed by atoms with Crippen molar-refractivity contribution in [3.8, 4) is 0 Å². The molecule has 0 saturated carbocycles. The molecule has 0 amide bonds. The monoisotopic (exact) mass is 360 g/mol. The van der Waals surface area contributed by atoms with Gasteiger partial charge in [-0.05, 0) is 19.4 Å². The number of nitro groups is 1. The molecular weight excluding hydrogens is 344 g/mol. The van der Waals surface area contributed by atoms with E-state index in [2.05, 4.69) is 4.99 Å². The Morgan fingerprint density at radius 3 is 2.48 bits per heavy atom. The molecule has 6 nitrogen and oxygen atoms in total. The molecule has 1 heterocycles. The van der Waals surface area contributed by atoms with Gasteiger partial charge in [-0.2, -0.15) is 0 Å². The molecule has 1 unspecified atom stereocenters. The lowest BCUT2D eigenvalue weighted by molar-refractivity contribution is -0.384. The molecule has 2 aromatic carbocycles. The Morgan fingerprint density at radius 1 is 1.11 bits per heavy atom. The van der Waals surface area contributed by atoms with Crippen molar-refractivity contribution in [1.82, 2.24) is 0 Å². The fourth-order valence-electron chi connectivity index (χ4n) is 4.07. The van der Waals surface area contributed by atoms with E-state index in [1.54, 1.807) is 31.2 Å². The summed E-state index contributed by atoms with van der Waals surface area (Å²) in [5.74, 6) is -1.50. The molecule has 0 fully saturated rings. The largest absolute Gasteiger partial charge is 0.299 e. The summed E-state index contributed by atoms with van der Waals surface area (Å²) in [5.41, 5.74) is 3.44. The average Bonchev–Trinajstić information content (AvgIpc) is 2.93. The quantitative estimate of drug-likeness (QED) is 0.612. The molecule has 1 aliphatic carbocycles. The van der Waals surface area contributed by atoms with Crippen LogP contribution >= 0.6 is 0 Å². The smallest absolute Gasteiger partial charge is 0.269 e. The van der Waals surface area contributed by atoms with Crippen LogP contribution in [0.15, 0.2) is 59.1 Å². The summed E-state index contributed by atoms with van der Waals surface area (Å²) in [6.07, 6.45) is 0. The minimum atomic E-state index is -0.621. The number of non-ortho nitro benzene ring substituents is 1. The zero-order valence-electron chi connectivity index (χ0n) is 14.8. The van der Waals surface area contributed by atoms with Crippen molar-refractivity contribution in [2.24, 2.45) is 10.9 Å². The Bertz CT molecular complexity index is 1080. The first-order valence-corrected chi connectivity index (χ1v) is 8.58. The lowest BCUT2D eigenvalue weighted by atomic mass is 9.73. The zero-order valence-corrected chi connectivity index (χ0v) is 14.8. The number of ketones is 2. The number of carbonyl (C=O) groups is 2. The minimum Gasteiger partial charge on any atom is -0.299 e. The Hall–Kier alpha value is -3.41. The van der Waals surface area contributed by atoms with Crippen LogP contribution in [0.1, 0.15) is 41.3 Å². The van der Waals surface area contributed by atoms with Gasteiger partial charge in [0.25, 0.3) is 5.69 Å². The van der Waals surface area contributed by atoms with Crippen LogP contribution in [-0.4, -0.2) is 22.2 Å². The summed E-state index contributed by atoms with van der Waals surface area (Å²) in [4.78, 5) is 40.9. The van der Waals surface area contributed by atoms with Crippen LogP contribution < -0.4 is 0 Å². The number of hydrogen-bond acceptors (Lipinski definition) is 5. The zero-order chi connectivity index (χ0) is 19.3. The summed E-state index contributed by atoms with van der Waals surface area (Å²) in [6.45, 7) is 3.23. The molecule has 2 atom stereocenters. The first kappa shape index (κ1) is 17.0. The van der Waals surface area contributed by atoms with E-state index in [1.807, 2.05) is 12.1 Å². The number of rotatable bonds is 3. The van der Waals surface area contributed by atoms with E-state index < -0.39 is 16.8 Å². The van der Waals surface area contributed by atoms with Crippen molar-refractivity contribution in [2.75, 3.05) is 0 Å². The molecular formula is C21H16N2O4. The van der Waals surface area contributed by atoms with Gasteiger partial charge in [0.05, 0.1) is 16.5 Å². The van der Waals surface area contributed by atoms with Gasteiger partial charge in [0.1, 0.15) is 5.78 Å². The number of benzene rings is 2. The number of allylic oxidation sites excluding steroid dienone is 1. The SMILES string of the molecule is CC(=O)C1C(C)=NC2=C(C(=O)c3ccccc32)[C@@H]1c1cccc([N+](=O)[O-])c1. The lowest BCUT2D eigenvalue weighted by Gasteiger charge is -2.30. The standard InChI is InChI=1S/C21H16N2O4/c1-11-17(12(2)24)18(13-6-5-7-14(10-13)23(26)27)19-20(22-11)15-8-3-4-9-16(15)21(19)25/h3-10,17-18H,1-2H3/t17?,18-/m1/s1. The third kappa shape index (κ3) is 2.52. The van der Waals surface area contributed by atoms with Gasteiger partial charge >= 0.3 is 0 Å². The molecule has 1 aliphatic heterocycles. The van der Waals surface area contributed by atoms with Gasteiger partial charge in [0, 0.05) is 40.5 Å². The summed E-state index contributed by atoms with van der Waals surface area (Å²) in [7, 11) is 0. The molecule has 0 radical (unpaired) electrons. The maximum atomic E-state index is 13.1. The lowest BCUT2D eigenvalue weighted by Crippen LogP contribution is -2.32. The highest BCUT2D eigenvalue weighted by molar-refractivity contribution is 6.25. The molecule has 27 heavy (non-hydrogen) atoms. The van der Waals surface area contributed by atoms with Gasteiger partial charge in [-0.3, -0.25) is 24.7 Å². The minimum absolute atomic E-state index is 0.0694. The normalized spacial score (nSPS) is 20.8. The third-order valence-electron chi connectivity index (χ3n) is 5.19. The highest BCUT2D eigenvalue weighted by atomic mass is 16.6. The maximum Gasteiger partial charge on any atom is 0.269 e. The summed E-state index contributed by atoms with van der Waals surface area (Å²) in [5, 5.41) is 11.2. The third-order valence-corrected chi connectivity index (χ3v) is 5.19. The molecule has 0 N–H and O–H groups in total. The van der Waals surface area contributed by atoms with E-state index in [0.29, 0.717) is 28.1 Å². The Balaban J connectivity index is 1.97. The van der Waals surface area contributed by atoms with Gasteiger partial charge in [-0.1, -0.05) is 36.4 Å². The second-order valence-corrected chi connectivity index (χ2v) is 6.81. The first-order chi connectivity index (χ1) is 12.9. The van der Waals surface area contributed by atoms with Crippen LogP contribution in [-0.2, 0) is 4.79 Å². The van der Waals surface area contributed by atoms with Crippen LogP contribution in [0.3, 0.4) is 0 Å². The van der Waals surface area contributed by atoms with Crippen LogP contribution in [0, 0.1) is 16.0 Å². The number of carbonyl (C=O) groups excluding carboxylic acids is 2. The van der Waals surface area contributed by atoms with Gasteiger partial charge in [-0.15, -0.1) is 0 Å². The highest BCUT2D eigenvalue weighted by Crippen LogP contribution is 2.48. The van der Waals surface area contributed by atoms with Crippen molar-refractivity contribution in [3.05, 3.63) is 80.9 Å². The summed E-state index contributed by atoms with van der Waals surface area (Å²) in [6, 6.07) is 13.4. The van der Waals surface area contributed by atoms with Gasteiger partial charge in [-0.25, -0.2) is 0 Å². The Morgan fingerprint density at radius 2 is 1.81 bits per heavy atom. The van der Waals surface area contributed by atoms with Gasteiger partial charge in [0.2, 0.25) is 0 Å². The van der Waals surface area contributed by atoms with Crippen molar-refractivity contribution in [3.63, 3.8) is 0 Å². The molecule has 2 aromatic rings. The summed E-state index contributed by atoms with van der Waals surface area (Å²) < 4.78 is 0. The van der Waals surface area contributed by atoms with E-state index in [0.717, 1.165) is 5.56 Å². The fraction of sp³-hybridized carbons (Fsp3) is 0.190. The molecule has 0 aromatic heterocycles. The number of aliphatic imine (C=N–C) groups is 1. The van der Waals surface area contributed by atoms with Crippen molar-refractivity contribution in [1.29, 1.82) is 0 Å². The Labute approximate surface area is 155 Å². The van der Waals surface area contributed by atoms with E-state index in [1.165, 1.54) is 19.1 Å². The van der Waals surface area contributed by atoms with E-state index in [-0.39, 0.29) is 17.3 Å². The predicted molar refractivity (Wildman–Crippen MR) is 101 cm³/mol. The summed E-state index contributed by atoms with van der Waals surface area (Å²) >= 11 is 0. The predicted octanol–water partition coefficient (Wildman–Crippen LogP) is 3.97. The average molecular weight is 360 g/mol. The van der Waals surface area contributed by atoms with Gasteiger partial charge < -0.3 is 0 Å².